The molecule has 1 aromatic heterocycles. The van der Waals surface area contributed by atoms with Crippen LogP contribution in [0.25, 0.3) is 0 Å². The predicted molar refractivity (Wildman–Crippen MR) is 89.3 cm³/mol. The lowest BCUT2D eigenvalue weighted by Crippen LogP contribution is -2.36. The quantitative estimate of drug-likeness (QED) is 0.213. The highest BCUT2D eigenvalue weighted by atomic mass is 31.3. The summed E-state index contributed by atoms with van der Waals surface area (Å²) >= 11 is 0. The van der Waals surface area contributed by atoms with Crippen LogP contribution in [-0.4, -0.2) is 61.5 Å². The third-order valence-corrected chi connectivity index (χ3v) is 7.26. The van der Waals surface area contributed by atoms with Gasteiger partial charge < -0.3 is 44.4 Å². The number of rotatable bonds is 9. The van der Waals surface area contributed by atoms with E-state index in [1.807, 2.05) is 0 Å². The maximum atomic E-state index is 12.0. The Kier molecular flexibility index (Phi) is 7.76. The zero-order valence-corrected chi connectivity index (χ0v) is 17.5. The van der Waals surface area contributed by atoms with E-state index in [4.69, 9.17) is 9.63 Å². The van der Waals surface area contributed by atoms with Gasteiger partial charge in [0.2, 0.25) is 0 Å². The second-order valence-corrected chi connectivity index (χ2v) is 9.98. The summed E-state index contributed by atoms with van der Waals surface area (Å²) < 4.78 is 50.3. The largest absolute Gasteiger partial charge is 0.789 e. The van der Waals surface area contributed by atoms with Crippen molar-refractivity contribution < 1.29 is 61.4 Å². The lowest BCUT2D eigenvalue weighted by Gasteiger charge is -2.29. The fraction of sp³-hybridized carbons (Fsp3) is 0.600. The van der Waals surface area contributed by atoms with E-state index in [-0.39, 0.29) is 5.82 Å². The summed E-state index contributed by atoms with van der Waals surface area (Å²) in [5, 5.41) is 22.7. The molecule has 2 heterocycles. The minimum absolute atomic E-state index is 0.207. The standard InChI is InChI=1S/C10H18N3O14P3/c1-11-6-2-3-13(10(16)12-6)9-8(15)7(14)5(25-9)4-24-29(20,21)27-30(22,23)26-28(17,18)19/h2-3,5,7-9,14-15H,4H2,1H3,(H,20,21)(H,22,23)(H,11,12,16)(H2,17,18,19)/p-2. The summed E-state index contributed by atoms with van der Waals surface area (Å²) in [4.78, 5) is 54.6. The number of aromatic nitrogens is 2. The first-order valence-electron chi connectivity index (χ1n) is 7.67. The van der Waals surface area contributed by atoms with Crippen molar-refractivity contribution in [2.45, 2.75) is 24.5 Å². The van der Waals surface area contributed by atoms with Crippen molar-refractivity contribution in [1.29, 1.82) is 0 Å². The van der Waals surface area contributed by atoms with Crippen LogP contribution in [0, 0.1) is 0 Å². The SMILES string of the molecule is CNc1ccn(C2OC(COP(=O)(O)OP(=O)(O)OP(=O)([O-])[O-])C(O)C2O)c(=O)n1. The summed E-state index contributed by atoms with van der Waals surface area (Å²) in [5.41, 5.74) is -0.867. The van der Waals surface area contributed by atoms with Gasteiger partial charge >= 0.3 is 21.3 Å². The van der Waals surface area contributed by atoms with E-state index in [9.17, 15) is 43.4 Å². The number of anilines is 1. The lowest BCUT2D eigenvalue weighted by molar-refractivity contribution is -0.334. The van der Waals surface area contributed by atoms with E-state index in [1.54, 1.807) is 0 Å². The Bertz CT molecular complexity index is 963. The molecule has 0 aromatic carbocycles. The van der Waals surface area contributed by atoms with Gasteiger partial charge in [0.25, 0.3) is 0 Å². The van der Waals surface area contributed by atoms with Crippen LogP contribution >= 0.6 is 23.5 Å². The molecule has 0 bridgehead atoms. The van der Waals surface area contributed by atoms with E-state index in [1.165, 1.54) is 19.3 Å². The maximum Gasteiger partial charge on any atom is 0.484 e. The van der Waals surface area contributed by atoms with Gasteiger partial charge in [-0.15, -0.1) is 0 Å². The van der Waals surface area contributed by atoms with Crippen LogP contribution < -0.4 is 20.8 Å². The Morgan fingerprint density at radius 2 is 1.83 bits per heavy atom. The summed E-state index contributed by atoms with van der Waals surface area (Å²) in [6, 6.07) is 1.35. The van der Waals surface area contributed by atoms with Crippen molar-refractivity contribution in [3.8, 4) is 0 Å². The topological polar surface area (TPSA) is 262 Å². The van der Waals surface area contributed by atoms with Crippen LogP contribution in [-0.2, 0) is 31.6 Å². The highest BCUT2D eigenvalue weighted by Gasteiger charge is 2.46. The van der Waals surface area contributed by atoms with E-state index in [0.717, 1.165) is 4.57 Å². The predicted octanol–water partition coefficient (Wildman–Crippen LogP) is -3.02. The van der Waals surface area contributed by atoms with Crippen molar-refractivity contribution in [2.24, 2.45) is 0 Å². The molecule has 0 saturated carbocycles. The molecule has 1 aromatic rings. The Morgan fingerprint density at radius 3 is 2.37 bits per heavy atom. The summed E-state index contributed by atoms with van der Waals surface area (Å²) in [5.74, 6) is 0.207. The molecule has 0 amide bonds. The van der Waals surface area contributed by atoms with Crippen molar-refractivity contribution >= 4 is 29.3 Å². The first-order valence-corrected chi connectivity index (χ1v) is 12.1. The van der Waals surface area contributed by atoms with Gasteiger partial charge in [-0.1, -0.05) is 0 Å². The monoisotopic (exact) mass is 495 g/mol. The van der Waals surface area contributed by atoms with Gasteiger partial charge in [0, 0.05) is 13.2 Å². The number of nitrogens with one attached hydrogen (secondary N) is 1. The average Bonchev–Trinajstić information content (AvgIpc) is 2.85. The van der Waals surface area contributed by atoms with Gasteiger partial charge in [0.15, 0.2) is 6.23 Å². The van der Waals surface area contributed by atoms with Gasteiger partial charge in [-0.05, 0) is 6.07 Å². The summed E-state index contributed by atoms with van der Waals surface area (Å²) in [7, 11) is -15.9. The Labute approximate surface area is 167 Å². The van der Waals surface area contributed by atoms with Gasteiger partial charge in [0.1, 0.15) is 24.1 Å². The number of aliphatic hydroxyl groups is 2. The molecule has 30 heavy (non-hydrogen) atoms. The normalized spacial score (nSPS) is 28.6. The highest BCUT2D eigenvalue weighted by Crippen LogP contribution is 2.64. The third kappa shape index (κ3) is 6.73. The first-order chi connectivity index (χ1) is 13.6. The molecule has 1 saturated heterocycles. The third-order valence-electron chi connectivity index (χ3n) is 3.51. The van der Waals surface area contributed by atoms with Crippen LogP contribution in [0.4, 0.5) is 5.82 Å². The Hall–Kier alpha value is -1.03. The van der Waals surface area contributed by atoms with Gasteiger partial charge in [-0.25, -0.2) is 13.9 Å². The van der Waals surface area contributed by atoms with Gasteiger partial charge in [0.05, 0.1) is 14.4 Å². The van der Waals surface area contributed by atoms with Gasteiger partial charge in [-0.2, -0.15) is 9.29 Å². The number of phosphoric acid groups is 3. The molecule has 2 rings (SSSR count). The molecular weight excluding hydrogens is 479 g/mol. The first kappa shape index (κ1) is 25.2. The zero-order chi connectivity index (χ0) is 22.9. The molecule has 20 heteroatoms. The fourth-order valence-corrected chi connectivity index (χ4v) is 5.27. The maximum absolute atomic E-state index is 12.0. The van der Waals surface area contributed by atoms with Gasteiger partial charge in [-0.3, -0.25) is 13.4 Å². The highest BCUT2D eigenvalue weighted by molar-refractivity contribution is 7.66. The second-order valence-electron chi connectivity index (χ2n) is 5.64. The number of aliphatic hydroxyl groups excluding tert-OH is 2. The van der Waals surface area contributed by atoms with Crippen LogP contribution in [0.3, 0.4) is 0 Å². The zero-order valence-electron chi connectivity index (χ0n) is 14.8. The second kappa shape index (κ2) is 9.22. The number of hydrogen-bond acceptors (Lipinski definition) is 14. The Morgan fingerprint density at radius 1 is 1.20 bits per heavy atom. The molecule has 17 nitrogen and oxygen atoms in total. The molecular formula is C10H16N3O14P3-2. The van der Waals surface area contributed by atoms with E-state index in [0.29, 0.717) is 0 Å². The summed E-state index contributed by atoms with van der Waals surface area (Å²) in [6.07, 6.45) is -5.30. The molecule has 6 atom stereocenters. The van der Waals surface area contributed by atoms with Crippen LogP contribution in [0.2, 0.25) is 0 Å². The molecule has 5 N–H and O–H groups in total. The minimum Gasteiger partial charge on any atom is -0.789 e. The number of hydrogen-bond donors (Lipinski definition) is 5. The number of ether oxygens (including phenoxy) is 1. The van der Waals surface area contributed by atoms with Crippen LogP contribution in [0.1, 0.15) is 6.23 Å². The molecule has 172 valence electrons. The number of phosphoric ester groups is 1. The molecule has 6 unspecified atom stereocenters. The van der Waals surface area contributed by atoms with Crippen molar-refractivity contribution in [3.63, 3.8) is 0 Å². The molecule has 0 radical (unpaired) electrons. The summed E-state index contributed by atoms with van der Waals surface area (Å²) in [6.45, 7) is -1.04. The van der Waals surface area contributed by atoms with E-state index < -0.39 is 60.3 Å². The van der Waals surface area contributed by atoms with Crippen molar-refractivity contribution in [3.05, 3.63) is 22.7 Å². The lowest BCUT2D eigenvalue weighted by atomic mass is 10.1. The van der Waals surface area contributed by atoms with E-state index >= 15 is 0 Å². The van der Waals surface area contributed by atoms with Crippen molar-refractivity contribution in [1.82, 2.24) is 9.55 Å². The van der Waals surface area contributed by atoms with Crippen LogP contribution in [0.5, 0.6) is 0 Å². The van der Waals surface area contributed by atoms with E-state index in [2.05, 4.69) is 23.4 Å². The number of nitrogens with zero attached hydrogens (tertiary/aromatic N) is 2. The van der Waals surface area contributed by atoms with Crippen molar-refractivity contribution in [2.75, 3.05) is 19.0 Å². The minimum atomic E-state index is -6.05. The molecule has 0 aliphatic carbocycles. The average molecular weight is 495 g/mol. The Balaban J connectivity index is 2.06. The fourth-order valence-electron chi connectivity index (χ4n) is 2.31. The molecule has 1 aliphatic rings. The van der Waals surface area contributed by atoms with Crippen LogP contribution in [0.15, 0.2) is 17.1 Å². The molecule has 0 spiro atoms. The molecule has 1 fully saturated rings. The molecule has 1 aliphatic heterocycles. The smallest absolute Gasteiger partial charge is 0.484 e.